The summed E-state index contributed by atoms with van der Waals surface area (Å²) in [5.74, 6) is -0.432. The van der Waals surface area contributed by atoms with E-state index in [0.29, 0.717) is 37.6 Å². The first-order chi connectivity index (χ1) is 15.3. The van der Waals surface area contributed by atoms with Gasteiger partial charge in [-0.2, -0.15) is 0 Å². The normalized spacial score (nSPS) is 16.1. The Balaban J connectivity index is 2.07. The van der Waals surface area contributed by atoms with Crippen LogP contribution < -0.4 is 0 Å². The largest absolute Gasteiger partial charge is 0.458 e. The number of carbonyl (C=O) groups is 3. The number of esters is 1. The SMILES string of the molecule is C=CCOC(=O)c1c(C)nc(C)nc1C(=O)N1CCN(C(=O)CCCCCCC)C(C)C1. The summed E-state index contributed by atoms with van der Waals surface area (Å²) in [5, 5.41) is 0. The molecule has 0 aliphatic carbocycles. The van der Waals surface area contributed by atoms with E-state index in [2.05, 4.69) is 23.5 Å². The molecule has 0 aromatic carbocycles. The minimum Gasteiger partial charge on any atom is -0.458 e. The Labute approximate surface area is 191 Å². The van der Waals surface area contributed by atoms with Gasteiger partial charge in [-0.1, -0.05) is 45.3 Å². The third-order valence-corrected chi connectivity index (χ3v) is 5.67. The zero-order valence-corrected chi connectivity index (χ0v) is 19.9. The minimum absolute atomic E-state index is 0.0377. The van der Waals surface area contributed by atoms with E-state index in [1.54, 1.807) is 18.7 Å². The van der Waals surface area contributed by atoms with E-state index in [0.717, 1.165) is 19.3 Å². The molecular formula is C24H36N4O4. The standard InChI is InChI=1S/C24H36N4O4/c1-6-8-9-10-11-12-20(29)28-14-13-27(16-17(28)3)23(30)22-21(24(31)32-15-7-2)18(4)25-19(5)26-22/h7,17H,2,6,8-16H2,1,3-5H3. The van der Waals surface area contributed by atoms with Gasteiger partial charge in [-0.15, -0.1) is 0 Å². The quantitative estimate of drug-likeness (QED) is 0.312. The van der Waals surface area contributed by atoms with Gasteiger partial charge in [0.15, 0.2) is 0 Å². The molecule has 2 heterocycles. The monoisotopic (exact) mass is 444 g/mol. The van der Waals surface area contributed by atoms with Crippen LogP contribution >= 0.6 is 0 Å². The number of rotatable bonds is 10. The van der Waals surface area contributed by atoms with Crippen molar-refractivity contribution >= 4 is 17.8 Å². The molecule has 0 saturated carbocycles. The molecule has 32 heavy (non-hydrogen) atoms. The Morgan fingerprint density at radius 1 is 1.12 bits per heavy atom. The molecule has 1 atom stereocenters. The number of hydrogen-bond donors (Lipinski definition) is 0. The molecule has 8 nitrogen and oxygen atoms in total. The van der Waals surface area contributed by atoms with Gasteiger partial charge in [0.05, 0.1) is 5.69 Å². The van der Waals surface area contributed by atoms with Gasteiger partial charge in [0.1, 0.15) is 23.7 Å². The van der Waals surface area contributed by atoms with Crippen LogP contribution in [-0.2, 0) is 9.53 Å². The fourth-order valence-corrected chi connectivity index (χ4v) is 4.00. The summed E-state index contributed by atoms with van der Waals surface area (Å²) >= 11 is 0. The molecule has 1 aliphatic rings. The number of unbranched alkanes of at least 4 members (excludes halogenated alkanes) is 4. The predicted molar refractivity (Wildman–Crippen MR) is 122 cm³/mol. The van der Waals surface area contributed by atoms with Gasteiger partial charge < -0.3 is 14.5 Å². The third-order valence-electron chi connectivity index (χ3n) is 5.67. The van der Waals surface area contributed by atoms with Crippen LogP contribution in [0, 0.1) is 13.8 Å². The van der Waals surface area contributed by atoms with E-state index in [9.17, 15) is 14.4 Å². The van der Waals surface area contributed by atoms with Gasteiger partial charge in [0, 0.05) is 32.1 Å². The molecule has 1 aromatic heterocycles. The first kappa shape index (κ1) is 25.5. The van der Waals surface area contributed by atoms with Gasteiger partial charge in [0.25, 0.3) is 5.91 Å². The third kappa shape index (κ3) is 6.61. The first-order valence-electron chi connectivity index (χ1n) is 11.5. The van der Waals surface area contributed by atoms with Crippen molar-refractivity contribution in [3.8, 4) is 0 Å². The topological polar surface area (TPSA) is 92.7 Å². The van der Waals surface area contributed by atoms with Crippen LogP contribution in [-0.4, -0.2) is 69.8 Å². The summed E-state index contributed by atoms with van der Waals surface area (Å²) in [4.78, 5) is 50.5. The molecule has 0 radical (unpaired) electrons. The van der Waals surface area contributed by atoms with Gasteiger partial charge in [0.2, 0.25) is 5.91 Å². The maximum atomic E-state index is 13.3. The lowest BCUT2D eigenvalue weighted by Crippen LogP contribution is -2.55. The number of amides is 2. The Morgan fingerprint density at radius 2 is 1.84 bits per heavy atom. The van der Waals surface area contributed by atoms with Crippen LogP contribution in [0.1, 0.15) is 84.7 Å². The molecule has 2 rings (SSSR count). The van der Waals surface area contributed by atoms with Crippen molar-refractivity contribution in [2.45, 2.75) is 72.3 Å². The van der Waals surface area contributed by atoms with Crippen molar-refractivity contribution in [2.24, 2.45) is 0 Å². The van der Waals surface area contributed by atoms with Crippen LogP contribution in [0.5, 0.6) is 0 Å². The average molecular weight is 445 g/mol. The van der Waals surface area contributed by atoms with Gasteiger partial charge in [-0.3, -0.25) is 9.59 Å². The van der Waals surface area contributed by atoms with E-state index in [1.165, 1.54) is 18.9 Å². The summed E-state index contributed by atoms with van der Waals surface area (Å²) in [7, 11) is 0. The fraction of sp³-hybridized carbons (Fsp3) is 0.625. The molecule has 0 spiro atoms. The van der Waals surface area contributed by atoms with Crippen LogP contribution in [0.4, 0.5) is 0 Å². The number of ether oxygens (including phenoxy) is 1. The van der Waals surface area contributed by atoms with Crippen LogP contribution in [0.3, 0.4) is 0 Å². The zero-order chi connectivity index (χ0) is 23.7. The summed E-state index contributed by atoms with van der Waals surface area (Å²) in [6, 6.07) is -0.101. The maximum Gasteiger partial charge on any atom is 0.342 e. The Bertz CT molecular complexity index is 840. The van der Waals surface area contributed by atoms with E-state index in [-0.39, 0.29) is 35.7 Å². The second-order valence-corrected chi connectivity index (χ2v) is 8.32. The molecule has 176 valence electrons. The van der Waals surface area contributed by atoms with Gasteiger partial charge in [-0.05, 0) is 27.2 Å². The predicted octanol–water partition coefficient (Wildman–Crippen LogP) is 3.47. The van der Waals surface area contributed by atoms with E-state index in [1.807, 2.05) is 11.8 Å². The number of piperazine rings is 1. The highest BCUT2D eigenvalue weighted by Crippen LogP contribution is 2.19. The van der Waals surface area contributed by atoms with Crippen LogP contribution in [0.2, 0.25) is 0 Å². The smallest absolute Gasteiger partial charge is 0.342 e. The highest BCUT2D eigenvalue weighted by atomic mass is 16.5. The molecule has 1 saturated heterocycles. The van der Waals surface area contributed by atoms with Gasteiger partial charge >= 0.3 is 5.97 Å². The summed E-state index contributed by atoms with van der Waals surface area (Å²) < 4.78 is 5.15. The Hall–Kier alpha value is -2.77. The first-order valence-corrected chi connectivity index (χ1v) is 11.5. The van der Waals surface area contributed by atoms with Crippen molar-refractivity contribution in [3.05, 3.63) is 35.4 Å². The van der Waals surface area contributed by atoms with E-state index in [4.69, 9.17) is 4.74 Å². The van der Waals surface area contributed by atoms with Gasteiger partial charge in [-0.25, -0.2) is 14.8 Å². The van der Waals surface area contributed by atoms with Crippen molar-refractivity contribution < 1.29 is 19.1 Å². The average Bonchev–Trinajstić information content (AvgIpc) is 2.76. The number of nitrogens with zero attached hydrogens (tertiary/aromatic N) is 4. The molecule has 0 bridgehead atoms. The highest BCUT2D eigenvalue weighted by Gasteiger charge is 2.33. The molecule has 8 heteroatoms. The number of carbonyl (C=O) groups excluding carboxylic acids is 3. The zero-order valence-electron chi connectivity index (χ0n) is 19.9. The molecule has 1 aromatic rings. The van der Waals surface area contributed by atoms with Crippen molar-refractivity contribution in [2.75, 3.05) is 26.2 Å². The Kier molecular flexibility index (Phi) is 9.81. The molecular weight excluding hydrogens is 408 g/mol. The second kappa shape index (κ2) is 12.3. The summed E-state index contributed by atoms with van der Waals surface area (Å²) in [6.45, 7) is 12.3. The highest BCUT2D eigenvalue weighted by molar-refractivity contribution is 6.04. The fourth-order valence-electron chi connectivity index (χ4n) is 4.00. The lowest BCUT2D eigenvalue weighted by atomic mass is 10.1. The van der Waals surface area contributed by atoms with E-state index >= 15 is 0 Å². The molecule has 1 unspecified atom stereocenters. The van der Waals surface area contributed by atoms with Crippen LogP contribution in [0.25, 0.3) is 0 Å². The number of aryl methyl sites for hydroxylation is 2. The molecule has 0 N–H and O–H groups in total. The number of aromatic nitrogens is 2. The number of hydrogen-bond acceptors (Lipinski definition) is 6. The summed E-state index contributed by atoms with van der Waals surface area (Å²) in [5.41, 5.74) is 0.535. The lowest BCUT2D eigenvalue weighted by Gasteiger charge is -2.40. The van der Waals surface area contributed by atoms with Crippen molar-refractivity contribution in [1.82, 2.24) is 19.8 Å². The minimum atomic E-state index is -0.643. The van der Waals surface area contributed by atoms with Crippen molar-refractivity contribution in [3.63, 3.8) is 0 Å². The maximum absolute atomic E-state index is 13.3. The second-order valence-electron chi connectivity index (χ2n) is 8.32. The van der Waals surface area contributed by atoms with Crippen molar-refractivity contribution in [1.29, 1.82) is 0 Å². The Morgan fingerprint density at radius 3 is 2.50 bits per heavy atom. The summed E-state index contributed by atoms with van der Waals surface area (Å²) in [6.07, 6.45) is 7.54. The van der Waals surface area contributed by atoms with E-state index < -0.39 is 5.97 Å². The lowest BCUT2D eigenvalue weighted by molar-refractivity contribution is -0.135. The molecule has 1 aliphatic heterocycles. The molecule has 1 fully saturated rings. The van der Waals surface area contributed by atoms with Crippen LogP contribution in [0.15, 0.2) is 12.7 Å². The molecule has 2 amide bonds.